The number of rotatable bonds is 7. The second kappa shape index (κ2) is 11.5. The van der Waals surface area contributed by atoms with E-state index in [1.165, 1.54) is 0 Å². The van der Waals surface area contributed by atoms with Crippen LogP contribution in [-0.4, -0.2) is 72.8 Å². The lowest BCUT2D eigenvalue weighted by Gasteiger charge is -2.30. The smallest absolute Gasteiger partial charge is 0.310 e. The zero-order valence-electron chi connectivity index (χ0n) is 21.2. The summed E-state index contributed by atoms with van der Waals surface area (Å²) >= 11 is 0. The van der Waals surface area contributed by atoms with Gasteiger partial charge in [0.15, 0.2) is 11.5 Å². The van der Waals surface area contributed by atoms with E-state index in [0.717, 1.165) is 29.9 Å². The van der Waals surface area contributed by atoms with Gasteiger partial charge in [-0.3, -0.25) is 14.6 Å². The van der Waals surface area contributed by atoms with Crippen LogP contribution in [0.2, 0.25) is 0 Å². The minimum Gasteiger partial charge on any atom is -0.466 e. The van der Waals surface area contributed by atoms with Crippen LogP contribution in [0.25, 0.3) is 11.3 Å². The van der Waals surface area contributed by atoms with E-state index in [0.29, 0.717) is 44.3 Å². The molecule has 38 heavy (non-hydrogen) atoms. The van der Waals surface area contributed by atoms with Crippen molar-refractivity contribution in [3.8, 4) is 11.3 Å². The molecule has 3 aromatic rings. The number of carbonyl (C=O) groups is 2. The minimum atomic E-state index is -0.467. The number of nitrogens with two attached hydrogens (primary N) is 1. The highest BCUT2D eigenvalue weighted by molar-refractivity contribution is 6.07. The highest BCUT2D eigenvalue weighted by Gasteiger charge is 2.35. The Hall–Kier alpha value is -4.09. The standard InChI is InChI=1S/C27H31N7O4/c1-2-38-27(36)20-14-30-13-19(20)17-3-5-18(6-4-17)21-16-31-25(28)24(32-21)26(35)33-22-15-29-8-7-23(22)34-9-11-37-12-10-34/h3-8,15-16,19-20,30H,2,9-14H2,1H3,(H2,28,31)(H,33,35)/t19-,20+/m0/s1. The molecular formula is C27H31N7O4. The molecule has 11 nitrogen and oxygen atoms in total. The summed E-state index contributed by atoms with van der Waals surface area (Å²) in [5.74, 6) is -0.805. The molecule has 0 saturated carbocycles. The number of benzene rings is 1. The fourth-order valence-electron chi connectivity index (χ4n) is 4.88. The van der Waals surface area contributed by atoms with Gasteiger partial charge in [0.05, 0.1) is 55.2 Å². The van der Waals surface area contributed by atoms with Gasteiger partial charge in [-0.1, -0.05) is 24.3 Å². The van der Waals surface area contributed by atoms with E-state index < -0.39 is 5.91 Å². The summed E-state index contributed by atoms with van der Waals surface area (Å²) in [6, 6.07) is 9.63. The number of amides is 1. The zero-order valence-corrected chi connectivity index (χ0v) is 21.2. The molecule has 0 aliphatic carbocycles. The van der Waals surface area contributed by atoms with Gasteiger partial charge in [-0.25, -0.2) is 9.97 Å². The second-order valence-electron chi connectivity index (χ2n) is 9.18. The number of ether oxygens (including phenoxy) is 2. The first-order valence-electron chi connectivity index (χ1n) is 12.7. The maximum absolute atomic E-state index is 13.2. The third kappa shape index (κ3) is 5.43. The molecule has 11 heteroatoms. The van der Waals surface area contributed by atoms with E-state index in [4.69, 9.17) is 15.2 Å². The minimum absolute atomic E-state index is 0.0297. The summed E-state index contributed by atoms with van der Waals surface area (Å²) in [7, 11) is 0. The van der Waals surface area contributed by atoms with E-state index in [2.05, 4.69) is 30.5 Å². The molecule has 5 rings (SSSR count). The molecule has 0 unspecified atom stereocenters. The van der Waals surface area contributed by atoms with E-state index >= 15 is 0 Å². The Morgan fingerprint density at radius 2 is 1.95 bits per heavy atom. The lowest BCUT2D eigenvalue weighted by atomic mass is 9.88. The third-order valence-corrected chi connectivity index (χ3v) is 6.85. The molecule has 4 heterocycles. The van der Waals surface area contributed by atoms with Gasteiger partial charge in [0.2, 0.25) is 0 Å². The summed E-state index contributed by atoms with van der Waals surface area (Å²) < 4.78 is 10.7. The Labute approximate surface area is 220 Å². The zero-order chi connectivity index (χ0) is 26.5. The van der Waals surface area contributed by atoms with Gasteiger partial charge in [-0.2, -0.15) is 0 Å². The first-order chi connectivity index (χ1) is 18.5. The molecule has 2 atom stereocenters. The Bertz CT molecular complexity index is 1290. The number of hydrogen-bond acceptors (Lipinski definition) is 10. The van der Waals surface area contributed by atoms with Crippen LogP contribution in [0.5, 0.6) is 0 Å². The van der Waals surface area contributed by atoms with E-state index in [9.17, 15) is 9.59 Å². The topological polar surface area (TPSA) is 145 Å². The van der Waals surface area contributed by atoms with Crippen LogP contribution >= 0.6 is 0 Å². The molecule has 0 radical (unpaired) electrons. The molecular weight excluding hydrogens is 486 g/mol. The van der Waals surface area contributed by atoms with Crippen molar-refractivity contribution >= 4 is 29.1 Å². The number of morpholine rings is 1. The van der Waals surface area contributed by atoms with Crippen LogP contribution in [0.3, 0.4) is 0 Å². The molecule has 1 aromatic carbocycles. The van der Waals surface area contributed by atoms with Crippen LogP contribution < -0.4 is 21.3 Å². The number of anilines is 3. The SMILES string of the molecule is CCOC(=O)[C@@H]1CNC[C@H]1c1ccc(-c2cnc(N)c(C(=O)Nc3cnccc3N3CCOCC3)n2)cc1. The van der Waals surface area contributed by atoms with Crippen LogP contribution in [0.15, 0.2) is 48.9 Å². The van der Waals surface area contributed by atoms with E-state index in [-0.39, 0.29) is 29.3 Å². The molecule has 2 aliphatic heterocycles. The number of nitrogens with one attached hydrogen (secondary N) is 2. The Kier molecular flexibility index (Phi) is 7.75. The summed E-state index contributed by atoms with van der Waals surface area (Å²) in [6.07, 6.45) is 4.84. The van der Waals surface area contributed by atoms with Gasteiger partial charge in [0.1, 0.15) is 0 Å². The summed E-state index contributed by atoms with van der Waals surface area (Å²) in [5, 5.41) is 6.18. The molecule has 2 fully saturated rings. The Morgan fingerprint density at radius 1 is 1.16 bits per heavy atom. The Morgan fingerprint density at radius 3 is 2.71 bits per heavy atom. The van der Waals surface area contributed by atoms with Crippen molar-refractivity contribution in [2.24, 2.45) is 5.92 Å². The van der Waals surface area contributed by atoms with Crippen molar-refractivity contribution in [2.75, 3.05) is 62.0 Å². The van der Waals surface area contributed by atoms with Crippen LogP contribution in [0.1, 0.15) is 28.9 Å². The molecule has 198 valence electrons. The first kappa shape index (κ1) is 25.6. The van der Waals surface area contributed by atoms with Crippen molar-refractivity contribution in [1.82, 2.24) is 20.3 Å². The molecule has 2 aliphatic rings. The number of nitrogens with zero attached hydrogens (tertiary/aromatic N) is 4. The molecule has 0 bridgehead atoms. The maximum Gasteiger partial charge on any atom is 0.310 e. The highest BCUT2D eigenvalue weighted by atomic mass is 16.5. The van der Waals surface area contributed by atoms with E-state index in [1.54, 1.807) is 18.6 Å². The lowest BCUT2D eigenvalue weighted by molar-refractivity contribution is -0.147. The van der Waals surface area contributed by atoms with Crippen molar-refractivity contribution < 1.29 is 19.1 Å². The number of pyridine rings is 1. The fourth-order valence-corrected chi connectivity index (χ4v) is 4.88. The van der Waals surface area contributed by atoms with Gasteiger partial charge in [0, 0.05) is 43.9 Å². The number of aromatic nitrogens is 3. The van der Waals surface area contributed by atoms with Gasteiger partial charge >= 0.3 is 5.97 Å². The molecule has 0 spiro atoms. The fraction of sp³-hybridized carbons (Fsp3) is 0.370. The third-order valence-electron chi connectivity index (χ3n) is 6.85. The first-order valence-corrected chi connectivity index (χ1v) is 12.7. The van der Waals surface area contributed by atoms with Crippen LogP contribution in [-0.2, 0) is 14.3 Å². The number of nitrogen functional groups attached to an aromatic ring is 1. The Balaban J connectivity index is 1.34. The van der Waals surface area contributed by atoms with Crippen molar-refractivity contribution in [1.29, 1.82) is 0 Å². The average Bonchev–Trinajstić information content (AvgIpc) is 3.45. The van der Waals surface area contributed by atoms with Crippen molar-refractivity contribution in [2.45, 2.75) is 12.8 Å². The van der Waals surface area contributed by atoms with Crippen LogP contribution in [0, 0.1) is 5.92 Å². The number of esters is 1. The van der Waals surface area contributed by atoms with Gasteiger partial charge in [-0.05, 0) is 18.6 Å². The predicted molar refractivity (Wildman–Crippen MR) is 143 cm³/mol. The number of hydrogen-bond donors (Lipinski definition) is 3. The summed E-state index contributed by atoms with van der Waals surface area (Å²) in [4.78, 5) is 40.6. The van der Waals surface area contributed by atoms with Crippen molar-refractivity contribution in [3.05, 3.63) is 60.2 Å². The van der Waals surface area contributed by atoms with Gasteiger partial charge in [0.25, 0.3) is 5.91 Å². The quantitative estimate of drug-likeness (QED) is 0.398. The average molecular weight is 518 g/mol. The van der Waals surface area contributed by atoms with E-state index in [1.807, 2.05) is 37.3 Å². The van der Waals surface area contributed by atoms with Crippen LogP contribution in [0.4, 0.5) is 17.2 Å². The maximum atomic E-state index is 13.2. The second-order valence-corrected chi connectivity index (χ2v) is 9.18. The normalized spacial score (nSPS) is 19.2. The van der Waals surface area contributed by atoms with Gasteiger partial charge < -0.3 is 30.7 Å². The summed E-state index contributed by atoms with van der Waals surface area (Å²) in [5.41, 5.74) is 9.84. The lowest BCUT2D eigenvalue weighted by Crippen LogP contribution is -2.36. The highest BCUT2D eigenvalue weighted by Crippen LogP contribution is 2.31. The molecule has 2 saturated heterocycles. The van der Waals surface area contributed by atoms with Crippen molar-refractivity contribution in [3.63, 3.8) is 0 Å². The monoisotopic (exact) mass is 517 g/mol. The number of carbonyl (C=O) groups excluding carboxylic acids is 2. The van der Waals surface area contributed by atoms with Gasteiger partial charge in [-0.15, -0.1) is 0 Å². The molecule has 2 aromatic heterocycles. The molecule has 4 N–H and O–H groups in total. The predicted octanol–water partition coefficient (Wildman–Crippen LogP) is 2.08. The summed E-state index contributed by atoms with van der Waals surface area (Å²) in [6.45, 7) is 6.15. The largest absolute Gasteiger partial charge is 0.466 e. The molecule has 1 amide bonds.